The molecule has 0 bridgehead atoms. The first-order valence-electron chi connectivity index (χ1n) is 7.87. The van der Waals surface area contributed by atoms with Crippen LogP contribution >= 0.6 is 0 Å². The third kappa shape index (κ3) is 3.34. The third-order valence-electron chi connectivity index (χ3n) is 3.98. The first kappa shape index (κ1) is 17.4. The normalized spacial score (nSPS) is 18.1. The molecule has 1 saturated heterocycles. The number of carbonyl (C=O) groups is 3. The average molecular weight is 355 g/mol. The average Bonchev–Trinajstić information content (AvgIpc) is 3.13. The van der Waals surface area contributed by atoms with Gasteiger partial charge in [0.2, 0.25) is 5.91 Å². The van der Waals surface area contributed by atoms with Gasteiger partial charge in [-0.15, -0.1) is 0 Å². The van der Waals surface area contributed by atoms with Gasteiger partial charge in [-0.3, -0.25) is 19.9 Å². The molecular formula is C18H17N3O5. The summed E-state index contributed by atoms with van der Waals surface area (Å²) < 4.78 is 10.3. The number of nitrogens with one attached hydrogen (secondary N) is 1. The smallest absolute Gasteiger partial charge is 0.335 e. The number of benzene rings is 1. The summed E-state index contributed by atoms with van der Waals surface area (Å²) in [4.78, 5) is 42.4. The fourth-order valence-electron chi connectivity index (χ4n) is 2.62. The van der Waals surface area contributed by atoms with E-state index < -0.39 is 23.8 Å². The lowest BCUT2D eigenvalue weighted by molar-refractivity contribution is -0.131. The second-order valence-electron chi connectivity index (χ2n) is 5.64. The molecule has 1 aliphatic rings. The Morgan fingerprint density at radius 2 is 1.96 bits per heavy atom. The van der Waals surface area contributed by atoms with Crippen LogP contribution in [-0.2, 0) is 16.1 Å². The van der Waals surface area contributed by atoms with Crippen LogP contribution in [0.1, 0.15) is 12.7 Å². The summed E-state index contributed by atoms with van der Waals surface area (Å²) in [6, 6.07) is 9.06. The number of barbiturate groups is 1. The van der Waals surface area contributed by atoms with Gasteiger partial charge in [-0.1, -0.05) is 0 Å². The number of nitrogens with zero attached hydrogens (tertiary/aromatic N) is 2. The number of furan rings is 1. The monoisotopic (exact) mass is 355 g/mol. The number of methoxy groups -OCH3 is 1. The summed E-state index contributed by atoms with van der Waals surface area (Å²) in [5.74, 6) is -1.32. The van der Waals surface area contributed by atoms with Crippen LogP contribution in [0.4, 0.5) is 10.5 Å². The Bertz CT molecular complexity index is 855. The molecule has 134 valence electrons. The second-order valence-corrected chi connectivity index (χ2v) is 5.64. The first-order chi connectivity index (χ1) is 12.5. The van der Waals surface area contributed by atoms with Gasteiger partial charge in [-0.2, -0.15) is 0 Å². The Hall–Kier alpha value is -3.42. The zero-order valence-electron chi connectivity index (χ0n) is 14.3. The van der Waals surface area contributed by atoms with Gasteiger partial charge < -0.3 is 9.15 Å². The number of amides is 4. The van der Waals surface area contributed by atoms with E-state index in [1.165, 1.54) is 13.4 Å². The largest absolute Gasteiger partial charge is 0.497 e. The summed E-state index contributed by atoms with van der Waals surface area (Å²) in [5, 5.41) is 2.20. The van der Waals surface area contributed by atoms with Gasteiger partial charge in [-0.25, -0.2) is 9.69 Å². The van der Waals surface area contributed by atoms with Crippen molar-refractivity contribution in [2.45, 2.75) is 13.5 Å². The minimum Gasteiger partial charge on any atom is -0.497 e. The molecule has 0 radical (unpaired) electrons. The van der Waals surface area contributed by atoms with E-state index in [0.29, 0.717) is 22.9 Å². The van der Waals surface area contributed by atoms with Crippen LogP contribution in [0.3, 0.4) is 0 Å². The highest BCUT2D eigenvalue weighted by Crippen LogP contribution is 2.24. The van der Waals surface area contributed by atoms with Crippen LogP contribution in [0.15, 0.2) is 52.1 Å². The van der Waals surface area contributed by atoms with E-state index in [4.69, 9.17) is 9.15 Å². The van der Waals surface area contributed by atoms with Crippen molar-refractivity contribution in [3.63, 3.8) is 0 Å². The zero-order chi connectivity index (χ0) is 18.7. The van der Waals surface area contributed by atoms with E-state index in [1.807, 2.05) is 0 Å². The molecule has 1 N–H and O–H groups in total. The van der Waals surface area contributed by atoms with E-state index in [2.05, 4.69) is 10.3 Å². The topological polar surface area (TPSA) is 101 Å². The highest BCUT2D eigenvalue weighted by Gasteiger charge is 2.42. The Morgan fingerprint density at radius 1 is 1.23 bits per heavy atom. The van der Waals surface area contributed by atoms with E-state index in [1.54, 1.807) is 43.3 Å². The third-order valence-corrected chi connectivity index (χ3v) is 3.98. The minimum absolute atomic E-state index is 0.201. The van der Waals surface area contributed by atoms with E-state index in [-0.39, 0.29) is 6.54 Å². The van der Waals surface area contributed by atoms with Gasteiger partial charge in [0.25, 0.3) is 5.91 Å². The van der Waals surface area contributed by atoms with Crippen molar-refractivity contribution in [3.8, 4) is 5.75 Å². The Kier molecular flexibility index (Phi) is 4.83. The van der Waals surface area contributed by atoms with E-state index in [9.17, 15) is 14.4 Å². The van der Waals surface area contributed by atoms with Crippen LogP contribution in [-0.4, -0.2) is 30.7 Å². The lowest BCUT2D eigenvalue weighted by Crippen LogP contribution is -2.60. The molecule has 0 saturated carbocycles. The maximum absolute atomic E-state index is 12.8. The van der Waals surface area contributed by atoms with Gasteiger partial charge in [0.1, 0.15) is 11.5 Å². The van der Waals surface area contributed by atoms with Crippen molar-refractivity contribution in [3.05, 3.63) is 48.4 Å². The number of urea groups is 1. The molecule has 0 spiro atoms. The number of anilines is 1. The first-order valence-corrected chi connectivity index (χ1v) is 7.87. The molecule has 0 aliphatic carbocycles. The number of carbonyl (C=O) groups excluding carboxylic acids is 3. The minimum atomic E-state index is -1.18. The molecule has 1 unspecified atom stereocenters. The van der Waals surface area contributed by atoms with Crippen LogP contribution in [0, 0.1) is 5.92 Å². The molecule has 1 aromatic carbocycles. The fraction of sp³-hybridized carbons (Fsp3) is 0.222. The number of hydrogen-bond donors (Lipinski definition) is 1. The molecule has 26 heavy (non-hydrogen) atoms. The van der Waals surface area contributed by atoms with Crippen molar-refractivity contribution in [1.29, 1.82) is 0 Å². The highest BCUT2D eigenvalue weighted by atomic mass is 16.5. The Labute approximate surface area is 149 Å². The number of imide groups is 2. The molecule has 2 aromatic rings. The standard InChI is InChI=1S/C18H17N3O5/c1-11(19-10-14-4-3-9-26-14)15-16(22)20-18(24)21(17(15)23)12-5-7-13(25-2)8-6-12/h3-9,15H,10H2,1-2H3,(H,20,22,24). The quantitative estimate of drug-likeness (QED) is 0.654. The summed E-state index contributed by atoms with van der Waals surface area (Å²) in [7, 11) is 1.52. The molecule has 2 heterocycles. The molecule has 1 fully saturated rings. The van der Waals surface area contributed by atoms with Crippen LogP contribution in [0.5, 0.6) is 5.75 Å². The number of hydrogen-bond acceptors (Lipinski definition) is 6. The van der Waals surface area contributed by atoms with Crippen molar-refractivity contribution >= 4 is 29.2 Å². The molecule has 8 nitrogen and oxygen atoms in total. The maximum atomic E-state index is 12.8. The van der Waals surface area contributed by atoms with Crippen molar-refractivity contribution in [2.24, 2.45) is 10.9 Å². The van der Waals surface area contributed by atoms with Crippen LogP contribution < -0.4 is 15.0 Å². The molecule has 1 atom stereocenters. The number of ether oxygens (including phenoxy) is 1. The maximum Gasteiger partial charge on any atom is 0.335 e. The van der Waals surface area contributed by atoms with E-state index in [0.717, 1.165) is 4.90 Å². The molecular weight excluding hydrogens is 338 g/mol. The fourth-order valence-corrected chi connectivity index (χ4v) is 2.62. The second kappa shape index (κ2) is 7.22. The lowest BCUT2D eigenvalue weighted by atomic mass is 9.99. The molecule has 1 aliphatic heterocycles. The van der Waals surface area contributed by atoms with Crippen molar-refractivity contribution in [1.82, 2.24) is 5.32 Å². The van der Waals surface area contributed by atoms with Gasteiger partial charge in [-0.05, 0) is 43.3 Å². The van der Waals surface area contributed by atoms with Crippen molar-refractivity contribution in [2.75, 3.05) is 12.0 Å². The summed E-state index contributed by atoms with van der Waals surface area (Å²) in [6.07, 6.45) is 1.52. The van der Waals surface area contributed by atoms with Gasteiger partial charge >= 0.3 is 6.03 Å². The number of aliphatic imine (C=N–C) groups is 1. The van der Waals surface area contributed by atoms with Gasteiger partial charge in [0.15, 0.2) is 5.92 Å². The van der Waals surface area contributed by atoms with E-state index >= 15 is 0 Å². The van der Waals surface area contributed by atoms with Gasteiger partial charge in [0, 0.05) is 5.71 Å². The predicted molar refractivity (Wildman–Crippen MR) is 93.0 cm³/mol. The van der Waals surface area contributed by atoms with Gasteiger partial charge in [0.05, 0.1) is 25.6 Å². The zero-order valence-corrected chi connectivity index (χ0v) is 14.3. The molecule has 8 heteroatoms. The Balaban J connectivity index is 1.85. The van der Waals surface area contributed by atoms with Crippen molar-refractivity contribution < 1.29 is 23.5 Å². The lowest BCUT2D eigenvalue weighted by Gasteiger charge is -2.30. The van der Waals surface area contributed by atoms with Crippen LogP contribution in [0.2, 0.25) is 0 Å². The predicted octanol–water partition coefficient (Wildman–Crippen LogP) is 2.15. The number of rotatable bonds is 5. The van der Waals surface area contributed by atoms with Crippen LogP contribution in [0.25, 0.3) is 0 Å². The summed E-state index contributed by atoms with van der Waals surface area (Å²) in [5.41, 5.74) is 0.638. The molecule has 3 rings (SSSR count). The highest BCUT2D eigenvalue weighted by molar-refractivity contribution is 6.35. The SMILES string of the molecule is COc1ccc(N2C(=O)NC(=O)C(C(C)=NCc3ccco3)C2=O)cc1. The summed E-state index contributed by atoms with van der Waals surface area (Å²) in [6.45, 7) is 1.78. The molecule has 1 aromatic heterocycles. The summed E-state index contributed by atoms with van der Waals surface area (Å²) >= 11 is 0. The Morgan fingerprint density at radius 3 is 2.58 bits per heavy atom. The molecule has 4 amide bonds.